The summed E-state index contributed by atoms with van der Waals surface area (Å²) >= 11 is 0. The molecule has 0 aromatic heterocycles. The third-order valence-corrected chi connectivity index (χ3v) is 1.47. The van der Waals surface area contributed by atoms with E-state index in [2.05, 4.69) is 0 Å². The van der Waals surface area contributed by atoms with E-state index in [1.807, 2.05) is 13.8 Å². The highest BCUT2D eigenvalue weighted by atomic mass is 19.1. The number of aliphatic hydroxyl groups is 1. The number of rotatable bonds is 6. The Morgan fingerprint density at radius 3 is 2.40 bits per heavy atom. The van der Waals surface area contributed by atoms with Gasteiger partial charge < -0.3 is 9.84 Å². The van der Waals surface area contributed by atoms with Gasteiger partial charge in [0.15, 0.2) is 0 Å². The predicted octanol–water partition coefficient (Wildman–Crippen LogP) is 3.58. The van der Waals surface area contributed by atoms with Crippen LogP contribution in [0.5, 0.6) is 0 Å². The minimum absolute atomic E-state index is 0.00662. The lowest BCUT2D eigenvalue weighted by molar-refractivity contribution is 0.165. The van der Waals surface area contributed by atoms with Crippen molar-refractivity contribution in [3.8, 4) is 0 Å². The fraction of sp³-hybridized carbons (Fsp3) is 0.667. The van der Waals surface area contributed by atoms with Crippen LogP contribution in [0, 0.1) is 0 Å². The third-order valence-electron chi connectivity index (χ3n) is 1.47. The van der Waals surface area contributed by atoms with E-state index < -0.39 is 0 Å². The molecule has 0 saturated carbocycles. The van der Waals surface area contributed by atoms with Crippen LogP contribution in [-0.4, -0.2) is 18.3 Å². The van der Waals surface area contributed by atoms with Gasteiger partial charge in [0, 0.05) is 6.42 Å². The molecule has 0 rings (SSSR count). The van der Waals surface area contributed by atoms with E-state index in [0.29, 0.717) is 19.4 Å². The standard InChI is InChI=1S/C10H17FO2.C2H6/c1-9(2)10(11)5-3-4-7-13-8-6-12;1-2/h4,7,12H,3,5-6,8H2,1-2H3;1-2H3/b7-4+;. The number of aliphatic hydroxyl groups excluding tert-OH is 1. The molecule has 0 aliphatic heterocycles. The maximum absolute atomic E-state index is 12.9. The first-order chi connectivity index (χ1) is 7.18. The van der Waals surface area contributed by atoms with E-state index >= 15 is 0 Å². The van der Waals surface area contributed by atoms with Crippen molar-refractivity contribution < 1.29 is 14.2 Å². The van der Waals surface area contributed by atoms with Crippen LogP contribution >= 0.6 is 0 Å². The lowest BCUT2D eigenvalue weighted by atomic mass is 10.2. The summed E-state index contributed by atoms with van der Waals surface area (Å²) in [5.74, 6) is -0.0631. The maximum Gasteiger partial charge on any atom is 0.110 e. The quantitative estimate of drug-likeness (QED) is 0.545. The normalized spacial score (nSPS) is 9.47. The van der Waals surface area contributed by atoms with E-state index in [1.54, 1.807) is 19.9 Å². The molecule has 0 fully saturated rings. The molecule has 0 amide bonds. The summed E-state index contributed by atoms with van der Waals surface area (Å²) < 4.78 is 17.7. The van der Waals surface area contributed by atoms with Crippen LogP contribution in [-0.2, 0) is 4.74 Å². The van der Waals surface area contributed by atoms with E-state index in [1.165, 1.54) is 6.26 Å². The van der Waals surface area contributed by atoms with E-state index in [0.717, 1.165) is 5.57 Å². The Morgan fingerprint density at radius 1 is 1.33 bits per heavy atom. The second kappa shape index (κ2) is 13.2. The zero-order valence-corrected chi connectivity index (χ0v) is 10.2. The van der Waals surface area contributed by atoms with Crippen LogP contribution in [0.1, 0.15) is 40.5 Å². The Balaban J connectivity index is 0. The van der Waals surface area contributed by atoms with Crippen molar-refractivity contribution in [3.63, 3.8) is 0 Å². The minimum atomic E-state index is -0.0631. The molecule has 0 spiro atoms. The third kappa shape index (κ3) is 13.2. The van der Waals surface area contributed by atoms with Crippen molar-refractivity contribution in [2.45, 2.75) is 40.5 Å². The van der Waals surface area contributed by atoms with Crippen molar-refractivity contribution in [2.24, 2.45) is 0 Å². The van der Waals surface area contributed by atoms with Gasteiger partial charge in [-0.1, -0.05) is 13.8 Å². The molecule has 0 heterocycles. The number of hydrogen-bond donors (Lipinski definition) is 1. The highest BCUT2D eigenvalue weighted by Gasteiger charge is 1.94. The highest BCUT2D eigenvalue weighted by Crippen LogP contribution is 2.11. The van der Waals surface area contributed by atoms with Gasteiger partial charge in [-0.25, -0.2) is 4.39 Å². The molecule has 0 saturated heterocycles. The smallest absolute Gasteiger partial charge is 0.110 e. The Labute approximate surface area is 92.5 Å². The SMILES string of the molecule is CC.CC(C)=C(F)CC/C=C/OCCO. The van der Waals surface area contributed by atoms with Gasteiger partial charge in [-0.05, 0) is 31.9 Å². The molecule has 0 aromatic rings. The van der Waals surface area contributed by atoms with E-state index in [4.69, 9.17) is 9.84 Å². The monoisotopic (exact) mass is 218 g/mol. The predicted molar refractivity (Wildman–Crippen MR) is 62.2 cm³/mol. The molecule has 0 aliphatic rings. The summed E-state index contributed by atoms with van der Waals surface area (Å²) in [6.07, 6.45) is 4.29. The number of ether oxygens (including phenoxy) is 1. The van der Waals surface area contributed by atoms with Gasteiger partial charge in [-0.15, -0.1) is 0 Å². The van der Waals surface area contributed by atoms with Crippen LogP contribution in [0.3, 0.4) is 0 Å². The van der Waals surface area contributed by atoms with Gasteiger partial charge >= 0.3 is 0 Å². The maximum atomic E-state index is 12.9. The molecule has 0 atom stereocenters. The first kappa shape index (κ1) is 16.6. The molecule has 1 N–H and O–H groups in total. The average Bonchev–Trinajstić information content (AvgIpc) is 2.25. The summed E-state index contributed by atoms with van der Waals surface area (Å²) in [5.41, 5.74) is 0.727. The zero-order chi connectivity index (χ0) is 12.1. The summed E-state index contributed by atoms with van der Waals surface area (Å²) in [6, 6.07) is 0. The van der Waals surface area contributed by atoms with Crippen molar-refractivity contribution in [1.29, 1.82) is 0 Å². The molecule has 90 valence electrons. The first-order valence-corrected chi connectivity index (χ1v) is 5.37. The van der Waals surface area contributed by atoms with E-state index in [9.17, 15) is 4.39 Å². The number of hydrogen-bond acceptors (Lipinski definition) is 2. The second-order valence-corrected chi connectivity index (χ2v) is 2.91. The Morgan fingerprint density at radius 2 is 1.93 bits per heavy atom. The second-order valence-electron chi connectivity index (χ2n) is 2.91. The highest BCUT2D eigenvalue weighted by molar-refractivity contribution is 5.02. The first-order valence-electron chi connectivity index (χ1n) is 5.37. The topological polar surface area (TPSA) is 29.5 Å². The number of halogens is 1. The van der Waals surface area contributed by atoms with Gasteiger partial charge in [0.2, 0.25) is 0 Å². The molecule has 0 aromatic carbocycles. The van der Waals surface area contributed by atoms with Gasteiger partial charge in [-0.3, -0.25) is 0 Å². The molecular weight excluding hydrogens is 195 g/mol. The largest absolute Gasteiger partial charge is 0.499 e. The molecule has 0 aliphatic carbocycles. The summed E-state index contributed by atoms with van der Waals surface area (Å²) in [5, 5.41) is 8.36. The molecule has 0 bridgehead atoms. The fourth-order valence-corrected chi connectivity index (χ4v) is 0.717. The summed E-state index contributed by atoms with van der Waals surface area (Å²) in [7, 11) is 0. The van der Waals surface area contributed by atoms with Crippen molar-refractivity contribution in [1.82, 2.24) is 0 Å². The van der Waals surface area contributed by atoms with Gasteiger partial charge in [0.05, 0.1) is 18.7 Å². The minimum Gasteiger partial charge on any atom is -0.499 e. The van der Waals surface area contributed by atoms with Crippen LogP contribution < -0.4 is 0 Å². The van der Waals surface area contributed by atoms with E-state index in [-0.39, 0.29) is 12.4 Å². The van der Waals surface area contributed by atoms with Crippen molar-refractivity contribution in [3.05, 3.63) is 23.7 Å². The van der Waals surface area contributed by atoms with Crippen LogP contribution in [0.15, 0.2) is 23.7 Å². The van der Waals surface area contributed by atoms with Crippen LogP contribution in [0.4, 0.5) is 4.39 Å². The summed E-state index contributed by atoms with van der Waals surface area (Å²) in [4.78, 5) is 0. The average molecular weight is 218 g/mol. The Kier molecular flexibility index (Phi) is 14.6. The van der Waals surface area contributed by atoms with Gasteiger partial charge in [-0.2, -0.15) is 0 Å². The molecule has 15 heavy (non-hydrogen) atoms. The molecular formula is C12H23FO2. The fourth-order valence-electron chi connectivity index (χ4n) is 0.717. The van der Waals surface area contributed by atoms with Gasteiger partial charge in [0.25, 0.3) is 0 Å². The molecule has 0 unspecified atom stereocenters. The Hall–Kier alpha value is -0.830. The van der Waals surface area contributed by atoms with Crippen molar-refractivity contribution in [2.75, 3.05) is 13.2 Å². The zero-order valence-electron chi connectivity index (χ0n) is 10.2. The molecule has 3 heteroatoms. The van der Waals surface area contributed by atoms with Crippen LogP contribution in [0.25, 0.3) is 0 Å². The lowest BCUT2D eigenvalue weighted by Gasteiger charge is -1.97. The van der Waals surface area contributed by atoms with Crippen molar-refractivity contribution >= 4 is 0 Å². The van der Waals surface area contributed by atoms with Crippen LogP contribution in [0.2, 0.25) is 0 Å². The lowest BCUT2D eigenvalue weighted by Crippen LogP contribution is -1.91. The summed E-state index contributed by atoms with van der Waals surface area (Å²) in [6.45, 7) is 7.80. The number of allylic oxidation sites excluding steroid dienone is 3. The molecule has 0 radical (unpaired) electrons. The van der Waals surface area contributed by atoms with Gasteiger partial charge in [0.1, 0.15) is 6.61 Å². The molecule has 2 nitrogen and oxygen atoms in total. The Bertz CT molecular complexity index is 182.